The van der Waals surface area contributed by atoms with Gasteiger partial charge in [0.25, 0.3) is 5.69 Å². The Labute approximate surface area is 140 Å². The second-order valence-electron chi connectivity index (χ2n) is 5.19. The van der Waals surface area contributed by atoms with E-state index in [0.29, 0.717) is 17.6 Å². The summed E-state index contributed by atoms with van der Waals surface area (Å²) < 4.78 is 0. The zero-order chi connectivity index (χ0) is 15.7. The maximum absolute atomic E-state index is 11.4. The molecule has 0 atom stereocenters. The number of hydrogen-bond donors (Lipinski definition) is 2. The summed E-state index contributed by atoms with van der Waals surface area (Å²) in [5, 5.41) is 11.3. The van der Waals surface area contributed by atoms with Gasteiger partial charge < -0.3 is 9.97 Å². The second-order valence-corrected chi connectivity index (χ2v) is 5.19. The van der Waals surface area contributed by atoms with E-state index in [1.54, 1.807) is 6.07 Å². The van der Waals surface area contributed by atoms with Crippen LogP contribution in [0.15, 0.2) is 33.9 Å². The molecule has 0 bridgehead atoms. The quantitative estimate of drug-likeness (QED) is 0.361. The third-order valence-electron chi connectivity index (χ3n) is 3.65. The Bertz CT molecular complexity index is 886. The summed E-state index contributed by atoms with van der Waals surface area (Å²) >= 11 is 0. The van der Waals surface area contributed by atoms with Gasteiger partial charge in [-0.05, 0) is 12.5 Å². The predicted octanol–water partition coefficient (Wildman–Crippen LogP) is 1.46. The highest BCUT2D eigenvalue weighted by Crippen LogP contribution is 2.24. The number of nitro benzene ring substituents is 1. The zero-order valence-corrected chi connectivity index (χ0v) is 13.8. The van der Waals surface area contributed by atoms with Crippen LogP contribution < -0.4 is 11.1 Å². The first-order valence-corrected chi connectivity index (χ1v) is 6.85. The van der Waals surface area contributed by atoms with Gasteiger partial charge in [0.05, 0.1) is 16.0 Å². The van der Waals surface area contributed by atoms with Crippen LogP contribution in [-0.4, -0.2) is 32.9 Å². The van der Waals surface area contributed by atoms with E-state index in [2.05, 4.69) is 20.9 Å². The van der Waals surface area contributed by atoms with Crippen LogP contribution in [0.1, 0.15) is 12.0 Å². The molecule has 1 aromatic carbocycles. The lowest BCUT2D eigenvalue weighted by molar-refractivity contribution is -0.385. The molecule has 0 radical (unpaired) electrons. The minimum Gasteiger partial charge on any atom is -0.316 e. The molecule has 2 aromatic rings. The molecule has 23 heavy (non-hydrogen) atoms. The van der Waals surface area contributed by atoms with Crippen molar-refractivity contribution in [2.45, 2.75) is 13.0 Å². The lowest BCUT2D eigenvalue weighted by Gasteiger charge is -2.22. The summed E-state index contributed by atoms with van der Waals surface area (Å²) in [7, 11) is 0. The van der Waals surface area contributed by atoms with Crippen molar-refractivity contribution in [2.75, 3.05) is 13.1 Å². The van der Waals surface area contributed by atoms with E-state index < -0.39 is 16.0 Å². The van der Waals surface area contributed by atoms with E-state index in [1.165, 1.54) is 6.07 Å². The molecule has 1 aliphatic rings. The van der Waals surface area contributed by atoms with Crippen LogP contribution in [0.25, 0.3) is 11.0 Å². The summed E-state index contributed by atoms with van der Waals surface area (Å²) in [5.74, 6) is 0. The van der Waals surface area contributed by atoms with Crippen molar-refractivity contribution >= 4 is 33.7 Å². The highest BCUT2D eigenvalue weighted by atomic mass is 79.9. The van der Waals surface area contributed by atoms with E-state index in [-0.39, 0.29) is 28.2 Å². The van der Waals surface area contributed by atoms with Gasteiger partial charge in [-0.3, -0.25) is 24.6 Å². The van der Waals surface area contributed by atoms with E-state index in [0.717, 1.165) is 19.5 Å². The van der Waals surface area contributed by atoms with Crippen LogP contribution in [0.5, 0.6) is 0 Å². The van der Waals surface area contributed by atoms with Gasteiger partial charge in [-0.1, -0.05) is 12.2 Å². The zero-order valence-electron chi connectivity index (χ0n) is 12.1. The summed E-state index contributed by atoms with van der Waals surface area (Å²) in [4.78, 5) is 40.4. The van der Waals surface area contributed by atoms with E-state index >= 15 is 0 Å². The third-order valence-corrected chi connectivity index (χ3v) is 3.65. The lowest BCUT2D eigenvalue weighted by Crippen LogP contribution is -2.29. The summed E-state index contributed by atoms with van der Waals surface area (Å²) in [6, 6.07) is 2.85. The fourth-order valence-electron chi connectivity index (χ4n) is 2.57. The topological polar surface area (TPSA) is 112 Å². The monoisotopic (exact) mass is 382 g/mol. The number of fused-ring (bicyclic) bond motifs is 1. The number of H-pyrrole nitrogens is 2. The minimum atomic E-state index is -0.823. The molecule has 1 aliphatic heterocycles. The first-order valence-electron chi connectivity index (χ1n) is 6.85. The summed E-state index contributed by atoms with van der Waals surface area (Å²) in [6.45, 7) is 1.98. The number of nitrogens with one attached hydrogen (secondary N) is 2. The SMILES string of the molecule is Br.O=c1[nH]c2cc(CN3CC=CCC3)c([N+](=O)[O-])cc2[nH]c1=O. The molecule has 0 unspecified atom stereocenters. The van der Waals surface area contributed by atoms with E-state index in [9.17, 15) is 19.7 Å². The molecule has 122 valence electrons. The average molecular weight is 383 g/mol. The van der Waals surface area contributed by atoms with Gasteiger partial charge in [-0.15, -0.1) is 17.0 Å². The number of hydrogen-bond acceptors (Lipinski definition) is 5. The van der Waals surface area contributed by atoms with Gasteiger partial charge in [0.1, 0.15) is 0 Å². The molecule has 0 spiro atoms. The van der Waals surface area contributed by atoms with Crippen molar-refractivity contribution in [2.24, 2.45) is 0 Å². The minimum absolute atomic E-state index is 0. The Morgan fingerprint density at radius 3 is 2.35 bits per heavy atom. The molecule has 0 aliphatic carbocycles. The number of benzene rings is 1. The van der Waals surface area contributed by atoms with Crippen LogP contribution in [0.2, 0.25) is 0 Å². The molecule has 0 saturated heterocycles. The Kier molecular flexibility index (Phi) is 5.12. The molecule has 0 fully saturated rings. The Balaban J connectivity index is 0.00000192. The summed E-state index contributed by atoms with van der Waals surface area (Å²) in [6.07, 6.45) is 5.01. The Hall–Kier alpha value is -2.26. The van der Waals surface area contributed by atoms with Crippen molar-refractivity contribution in [3.63, 3.8) is 0 Å². The first-order chi connectivity index (χ1) is 10.5. The molecule has 3 rings (SSSR count). The van der Waals surface area contributed by atoms with Crippen LogP contribution in [0, 0.1) is 10.1 Å². The number of nitrogens with zero attached hydrogens (tertiary/aromatic N) is 2. The predicted molar refractivity (Wildman–Crippen MR) is 91.2 cm³/mol. The van der Waals surface area contributed by atoms with E-state index in [4.69, 9.17) is 0 Å². The first kappa shape index (κ1) is 17.1. The number of aromatic amines is 2. The molecular weight excluding hydrogens is 368 g/mol. The Morgan fingerprint density at radius 1 is 1.13 bits per heavy atom. The third kappa shape index (κ3) is 3.57. The van der Waals surface area contributed by atoms with Crippen LogP contribution in [0.3, 0.4) is 0 Å². The molecule has 2 N–H and O–H groups in total. The maximum atomic E-state index is 11.4. The van der Waals surface area contributed by atoms with Crippen LogP contribution in [0.4, 0.5) is 5.69 Å². The van der Waals surface area contributed by atoms with Crippen LogP contribution >= 0.6 is 17.0 Å². The highest BCUT2D eigenvalue weighted by Gasteiger charge is 2.19. The fraction of sp³-hybridized carbons (Fsp3) is 0.286. The van der Waals surface area contributed by atoms with Gasteiger partial charge in [-0.25, -0.2) is 0 Å². The van der Waals surface area contributed by atoms with Gasteiger partial charge >= 0.3 is 11.1 Å². The molecular formula is C14H15BrN4O4. The van der Waals surface area contributed by atoms with Crippen molar-refractivity contribution in [3.05, 3.63) is 60.7 Å². The normalized spacial score (nSPS) is 14.6. The fourth-order valence-corrected chi connectivity index (χ4v) is 2.57. The number of aromatic nitrogens is 2. The van der Waals surface area contributed by atoms with Crippen molar-refractivity contribution in [3.8, 4) is 0 Å². The number of nitro groups is 1. The Morgan fingerprint density at radius 2 is 1.78 bits per heavy atom. The van der Waals surface area contributed by atoms with Gasteiger partial charge in [-0.2, -0.15) is 0 Å². The average Bonchev–Trinajstić information content (AvgIpc) is 2.49. The van der Waals surface area contributed by atoms with Crippen molar-refractivity contribution < 1.29 is 4.92 Å². The van der Waals surface area contributed by atoms with Crippen LogP contribution in [-0.2, 0) is 6.54 Å². The lowest BCUT2D eigenvalue weighted by atomic mass is 10.1. The number of halogens is 1. The largest absolute Gasteiger partial charge is 0.316 e. The molecule has 0 amide bonds. The molecule has 1 aromatic heterocycles. The molecule has 8 nitrogen and oxygen atoms in total. The van der Waals surface area contributed by atoms with Gasteiger partial charge in [0, 0.05) is 31.3 Å². The highest BCUT2D eigenvalue weighted by molar-refractivity contribution is 8.93. The van der Waals surface area contributed by atoms with Gasteiger partial charge in [0.15, 0.2) is 0 Å². The number of rotatable bonds is 3. The molecule has 2 heterocycles. The van der Waals surface area contributed by atoms with E-state index in [1.807, 2.05) is 6.08 Å². The standard InChI is InChI=1S/C14H14N4O4.BrH/c19-13-14(20)16-11-7-12(18(21)22)9(6-10(11)15-13)8-17-4-2-1-3-5-17;/h1-2,6-7H,3-5,8H2,(H,15,19)(H,16,20);1H. The van der Waals surface area contributed by atoms with Crippen molar-refractivity contribution in [1.82, 2.24) is 14.9 Å². The van der Waals surface area contributed by atoms with Crippen molar-refractivity contribution in [1.29, 1.82) is 0 Å². The second kappa shape index (κ2) is 6.88. The maximum Gasteiger partial charge on any atom is 0.314 e. The molecule has 0 saturated carbocycles. The summed E-state index contributed by atoms with van der Waals surface area (Å²) in [5.41, 5.74) is -0.513. The van der Waals surface area contributed by atoms with Gasteiger partial charge in [0.2, 0.25) is 0 Å². The smallest absolute Gasteiger partial charge is 0.314 e. The molecule has 9 heteroatoms.